The Morgan fingerprint density at radius 3 is 2.50 bits per heavy atom. The minimum absolute atomic E-state index is 0.104. The van der Waals surface area contributed by atoms with Gasteiger partial charge in [-0.2, -0.15) is 0 Å². The fourth-order valence-electron chi connectivity index (χ4n) is 4.51. The fraction of sp³-hybridized carbons (Fsp3) is 0.360. The van der Waals surface area contributed by atoms with E-state index < -0.39 is 5.41 Å². The molecule has 1 fully saturated rings. The average Bonchev–Trinajstić information content (AvgIpc) is 3.25. The van der Waals surface area contributed by atoms with Crippen LogP contribution in [0, 0.1) is 12.3 Å². The van der Waals surface area contributed by atoms with Crippen molar-refractivity contribution in [3.63, 3.8) is 0 Å². The molecule has 0 N–H and O–H groups in total. The first-order valence-electron chi connectivity index (χ1n) is 10.8. The van der Waals surface area contributed by atoms with Crippen molar-refractivity contribution in [2.24, 2.45) is 5.41 Å². The van der Waals surface area contributed by atoms with Gasteiger partial charge in [0, 0.05) is 39.6 Å². The van der Waals surface area contributed by atoms with Gasteiger partial charge in [0.25, 0.3) is 5.91 Å². The number of piperidine rings is 1. The van der Waals surface area contributed by atoms with Gasteiger partial charge in [0.2, 0.25) is 11.7 Å². The predicted octanol–water partition coefficient (Wildman–Crippen LogP) is 3.60. The van der Waals surface area contributed by atoms with Crippen molar-refractivity contribution in [3.8, 4) is 11.1 Å². The van der Waals surface area contributed by atoms with Crippen LogP contribution in [0.3, 0.4) is 0 Å². The number of amides is 2. The maximum absolute atomic E-state index is 13.3. The lowest BCUT2D eigenvalue weighted by atomic mass is 9.72. The molecule has 0 spiro atoms. The number of aryl methyl sites for hydroxylation is 1. The number of nitrogens with zero attached hydrogens (tertiary/aromatic N) is 4. The molecule has 7 nitrogen and oxygen atoms in total. The first-order chi connectivity index (χ1) is 15.4. The highest BCUT2D eigenvalue weighted by molar-refractivity contribution is 5.92. The summed E-state index contributed by atoms with van der Waals surface area (Å²) in [7, 11) is 3.59. The first-order valence-corrected chi connectivity index (χ1v) is 10.8. The summed E-state index contributed by atoms with van der Waals surface area (Å²) >= 11 is 0. The van der Waals surface area contributed by atoms with Crippen LogP contribution in [0.1, 0.15) is 34.7 Å². The van der Waals surface area contributed by atoms with Crippen molar-refractivity contribution in [1.82, 2.24) is 19.8 Å². The van der Waals surface area contributed by atoms with Crippen molar-refractivity contribution in [2.75, 3.05) is 27.2 Å². The molecule has 166 valence electrons. The van der Waals surface area contributed by atoms with Crippen molar-refractivity contribution >= 4 is 11.8 Å². The minimum Gasteiger partial charge on any atom is -0.438 e. The number of carbonyl (C=O) groups is 2. The zero-order valence-corrected chi connectivity index (χ0v) is 18.7. The van der Waals surface area contributed by atoms with Gasteiger partial charge in [-0.25, -0.2) is 4.98 Å². The number of hydrogen-bond donors (Lipinski definition) is 0. The van der Waals surface area contributed by atoms with Gasteiger partial charge in [0.1, 0.15) is 0 Å². The minimum atomic E-state index is -0.551. The van der Waals surface area contributed by atoms with E-state index in [1.165, 1.54) is 6.39 Å². The number of likely N-dealkylation sites (tertiary alicyclic amines) is 1. The van der Waals surface area contributed by atoms with Crippen LogP contribution >= 0.6 is 0 Å². The van der Waals surface area contributed by atoms with Crippen LogP contribution in [0.2, 0.25) is 0 Å². The number of benzene rings is 1. The maximum Gasteiger partial charge on any atom is 0.291 e. The quantitative estimate of drug-likeness (QED) is 0.616. The third-order valence-electron chi connectivity index (χ3n) is 6.27. The smallest absolute Gasteiger partial charge is 0.291 e. The Bertz CT molecular complexity index is 1100. The van der Waals surface area contributed by atoms with Gasteiger partial charge < -0.3 is 14.2 Å². The molecule has 0 saturated carbocycles. The maximum atomic E-state index is 13.3. The van der Waals surface area contributed by atoms with Crippen LogP contribution in [0.15, 0.2) is 59.6 Å². The Kier molecular flexibility index (Phi) is 6.08. The normalized spacial score (nSPS) is 15.4. The molecule has 0 unspecified atom stereocenters. The first kappa shape index (κ1) is 21.7. The molecule has 4 rings (SSSR count). The van der Waals surface area contributed by atoms with Gasteiger partial charge >= 0.3 is 0 Å². The highest BCUT2D eigenvalue weighted by Crippen LogP contribution is 2.38. The summed E-state index contributed by atoms with van der Waals surface area (Å²) in [5, 5.41) is 0. The van der Waals surface area contributed by atoms with Crippen molar-refractivity contribution < 1.29 is 14.0 Å². The van der Waals surface area contributed by atoms with Gasteiger partial charge in [-0.3, -0.25) is 14.6 Å². The SMILES string of the molecule is Cc1ncoc1C(=O)N1CCC(Cc2cccc(-c3cccnc3)c2)(C(=O)N(C)C)CC1. The van der Waals surface area contributed by atoms with E-state index in [0.717, 1.165) is 16.7 Å². The van der Waals surface area contributed by atoms with E-state index in [1.807, 2.05) is 24.4 Å². The van der Waals surface area contributed by atoms with Gasteiger partial charge in [0.15, 0.2) is 6.39 Å². The Labute approximate surface area is 188 Å². The van der Waals surface area contributed by atoms with Crippen LogP contribution < -0.4 is 0 Å². The second-order valence-electron chi connectivity index (χ2n) is 8.66. The lowest BCUT2D eigenvalue weighted by Gasteiger charge is -2.42. The standard InChI is InChI=1S/C25H28N4O3/c1-18-22(32-17-27-18)23(30)29-12-9-25(10-13-29,24(31)28(2)3)15-19-6-4-7-20(14-19)21-8-5-11-26-16-21/h4-8,11,14,16-17H,9-10,12-13,15H2,1-3H3. The number of rotatable bonds is 5. The number of aromatic nitrogens is 2. The topological polar surface area (TPSA) is 79.5 Å². The number of oxazole rings is 1. The summed E-state index contributed by atoms with van der Waals surface area (Å²) < 4.78 is 5.29. The molecular formula is C25H28N4O3. The second kappa shape index (κ2) is 8.94. The highest BCUT2D eigenvalue weighted by Gasteiger charge is 2.43. The van der Waals surface area contributed by atoms with Gasteiger partial charge in [-0.15, -0.1) is 0 Å². The summed E-state index contributed by atoms with van der Waals surface area (Å²) in [5.74, 6) is 0.220. The molecular weight excluding hydrogens is 404 g/mol. The molecule has 1 aliphatic heterocycles. The van der Waals surface area contributed by atoms with Crippen molar-refractivity contribution in [1.29, 1.82) is 0 Å². The molecule has 2 aromatic heterocycles. The zero-order valence-electron chi connectivity index (χ0n) is 18.7. The monoisotopic (exact) mass is 432 g/mol. The molecule has 32 heavy (non-hydrogen) atoms. The summed E-state index contributed by atoms with van der Waals surface area (Å²) in [4.78, 5) is 37.8. The number of pyridine rings is 1. The summed E-state index contributed by atoms with van der Waals surface area (Å²) in [6.45, 7) is 2.76. The molecule has 0 radical (unpaired) electrons. The van der Waals surface area contributed by atoms with E-state index in [4.69, 9.17) is 4.42 Å². The Hall–Kier alpha value is -3.48. The Morgan fingerprint density at radius 1 is 1.12 bits per heavy atom. The summed E-state index contributed by atoms with van der Waals surface area (Å²) in [5.41, 5.74) is 3.27. The largest absolute Gasteiger partial charge is 0.438 e. The lowest BCUT2D eigenvalue weighted by molar-refractivity contribution is -0.142. The second-order valence-corrected chi connectivity index (χ2v) is 8.66. The predicted molar refractivity (Wildman–Crippen MR) is 121 cm³/mol. The summed E-state index contributed by atoms with van der Waals surface area (Å²) in [6, 6.07) is 12.2. The molecule has 0 atom stereocenters. The third kappa shape index (κ3) is 4.28. The molecule has 1 aliphatic rings. The van der Waals surface area contributed by atoms with Crippen molar-refractivity contribution in [3.05, 3.63) is 72.2 Å². The Balaban J connectivity index is 1.56. The molecule has 1 aromatic carbocycles. The fourth-order valence-corrected chi connectivity index (χ4v) is 4.51. The molecule has 7 heteroatoms. The van der Waals surface area contributed by atoms with Gasteiger partial charge in [-0.05, 0) is 48.9 Å². The molecule has 1 saturated heterocycles. The highest BCUT2D eigenvalue weighted by atomic mass is 16.3. The molecule has 0 aliphatic carbocycles. The van der Waals surface area contributed by atoms with E-state index in [2.05, 4.69) is 28.2 Å². The van der Waals surface area contributed by atoms with Crippen LogP contribution in [0.25, 0.3) is 11.1 Å². The lowest BCUT2D eigenvalue weighted by Crippen LogP contribution is -2.51. The van der Waals surface area contributed by atoms with E-state index in [9.17, 15) is 9.59 Å². The van der Waals surface area contributed by atoms with E-state index >= 15 is 0 Å². The van der Waals surface area contributed by atoms with Crippen LogP contribution in [-0.4, -0.2) is 58.8 Å². The number of carbonyl (C=O) groups excluding carboxylic acids is 2. The van der Waals surface area contributed by atoms with E-state index in [0.29, 0.717) is 38.0 Å². The number of hydrogen-bond acceptors (Lipinski definition) is 5. The van der Waals surface area contributed by atoms with Gasteiger partial charge in [0.05, 0.1) is 11.1 Å². The third-order valence-corrected chi connectivity index (χ3v) is 6.27. The molecule has 2 amide bonds. The zero-order chi connectivity index (χ0) is 22.7. The van der Waals surface area contributed by atoms with E-state index in [1.54, 1.807) is 37.0 Å². The molecule has 3 heterocycles. The molecule has 3 aromatic rings. The molecule has 0 bridgehead atoms. The van der Waals surface area contributed by atoms with Crippen LogP contribution in [0.5, 0.6) is 0 Å². The van der Waals surface area contributed by atoms with Crippen molar-refractivity contribution in [2.45, 2.75) is 26.2 Å². The average molecular weight is 433 g/mol. The Morgan fingerprint density at radius 2 is 1.88 bits per heavy atom. The van der Waals surface area contributed by atoms with E-state index in [-0.39, 0.29) is 17.6 Å². The van der Waals surface area contributed by atoms with Crippen LogP contribution in [0.4, 0.5) is 0 Å². The summed E-state index contributed by atoms with van der Waals surface area (Å²) in [6.07, 6.45) is 6.71. The van der Waals surface area contributed by atoms with Gasteiger partial charge in [-0.1, -0.05) is 30.3 Å². The van der Waals surface area contributed by atoms with Crippen LogP contribution in [-0.2, 0) is 11.2 Å².